The van der Waals surface area contributed by atoms with Gasteiger partial charge < -0.3 is 21.1 Å². The second kappa shape index (κ2) is 4.21. The lowest BCUT2D eigenvalue weighted by Gasteiger charge is -2.05. The molecule has 0 amide bonds. The van der Waals surface area contributed by atoms with Crippen LogP contribution < -0.4 is 5.73 Å². The fraction of sp³-hybridized carbons (Fsp3) is 0.167. The second-order valence-electron chi connectivity index (χ2n) is 2.06. The van der Waals surface area contributed by atoms with Crippen molar-refractivity contribution in [2.75, 3.05) is 0 Å². The maximum Gasteiger partial charge on any atom is 0.334 e. The second-order valence-corrected chi connectivity index (χ2v) is 2.06. The van der Waals surface area contributed by atoms with E-state index in [2.05, 4.69) is 0 Å². The third-order valence-electron chi connectivity index (χ3n) is 1.13. The maximum absolute atomic E-state index is 10.3. The number of aliphatic carboxylic acids is 3. The molecule has 0 aliphatic rings. The lowest BCUT2D eigenvalue weighted by atomic mass is 10.1. The summed E-state index contributed by atoms with van der Waals surface area (Å²) in [6.45, 7) is 0. The van der Waals surface area contributed by atoms with Crippen molar-refractivity contribution in [3.63, 3.8) is 0 Å². The van der Waals surface area contributed by atoms with Crippen LogP contribution in [0.2, 0.25) is 0 Å². The van der Waals surface area contributed by atoms with Gasteiger partial charge in [-0.15, -0.1) is 0 Å². The number of carbonyl (C=O) groups is 3. The van der Waals surface area contributed by atoms with Crippen LogP contribution in [0.25, 0.3) is 0 Å². The molecule has 0 aliphatic carbocycles. The van der Waals surface area contributed by atoms with Crippen molar-refractivity contribution < 1.29 is 29.7 Å². The standard InChI is InChI=1S/C6H7NO6/c7-4(6(12)13)2(5(10)11)1-3(8)9/h1,4H,7H2,(H,8,9)(H,10,11)(H,12,13). The van der Waals surface area contributed by atoms with Gasteiger partial charge in [-0.25, -0.2) is 9.59 Å². The largest absolute Gasteiger partial charge is 0.480 e. The molecular formula is C6H7NO6. The zero-order chi connectivity index (χ0) is 10.6. The van der Waals surface area contributed by atoms with Gasteiger partial charge in [0.25, 0.3) is 0 Å². The lowest BCUT2D eigenvalue weighted by Crippen LogP contribution is -2.35. The van der Waals surface area contributed by atoms with Crippen molar-refractivity contribution in [1.82, 2.24) is 0 Å². The summed E-state index contributed by atoms with van der Waals surface area (Å²) in [7, 11) is 0. The molecule has 0 aromatic rings. The highest BCUT2D eigenvalue weighted by atomic mass is 16.4. The molecule has 0 aromatic carbocycles. The molecule has 13 heavy (non-hydrogen) atoms. The zero-order valence-corrected chi connectivity index (χ0v) is 6.30. The maximum atomic E-state index is 10.3. The predicted molar refractivity (Wildman–Crippen MR) is 39.0 cm³/mol. The molecule has 1 atom stereocenters. The summed E-state index contributed by atoms with van der Waals surface area (Å²) in [5.41, 5.74) is 4.02. The quantitative estimate of drug-likeness (QED) is 0.394. The van der Waals surface area contributed by atoms with E-state index in [4.69, 9.17) is 21.1 Å². The Hall–Kier alpha value is -1.89. The molecule has 0 radical (unpaired) electrons. The Kier molecular flexibility index (Phi) is 3.60. The van der Waals surface area contributed by atoms with Gasteiger partial charge in [0.2, 0.25) is 0 Å². The Morgan fingerprint density at radius 1 is 1.15 bits per heavy atom. The molecule has 0 heterocycles. The molecule has 72 valence electrons. The summed E-state index contributed by atoms with van der Waals surface area (Å²) >= 11 is 0. The van der Waals surface area contributed by atoms with Gasteiger partial charge in [0.15, 0.2) is 0 Å². The van der Waals surface area contributed by atoms with Gasteiger partial charge in [-0.1, -0.05) is 0 Å². The van der Waals surface area contributed by atoms with Gasteiger partial charge in [0.05, 0.1) is 5.57 Å². The minimum absolute atomic E-state index is 0.251. The van der Waals surface area contributed by atoms with Crippen molar-refractivity contribution in [3.05, 3.63) is 11.6 Å². The van der Waals surface area contributed by atoms with Crippen LogP contribution in [-0.4, -0.2) is 39.3 Å². The number of carboxylic acids is 3. The number of carboxylic acid groups (broad SMARTS) is 3. The van der Waals surface area contributed by atoms with E-state index in [0.717, 1.165) is 0 Å². The average molecular weight is 189 g/mol. The number of hydrogen-bond donors (Lipinski definition) is 4. The van der Waals surface area contributed by atoms with Crippen LogP contribution in [0.4, 0.5) is 0 Å². The molecule has 0 aliphatic heterocycles. The fourth-order valence-corrected chi connectivity index (χ4v) is 0.551. The molecule has 0 aromatic heterocycles. The zero-order valence-electron chi connectivity index (χ0n) is 6.30. The minimum Gasteiger partial charge on any atom is -0.480 e. The monoisotopic (exact) mass is 189 g/mol. The van der Waals surface area contributed by atoms with Crippen molar-refractivity contribution in [2.24, 2.45) is 5.73 Å². The average Bonchev–Trinajstić information content (AvgIpc) is 1.97. The minimum atomic E-state index is -1.84. The predicted octanol–water partition coefficient (Wildman–Crippen LogP) is -1.51. The molecule has 0 bridgehead atoms. The Morgan fingerprint density at radius 2 is 1.62 bits per heavy atom. The Morgan fingerprint density at radius 3 is 1.85 bits per heavy atom. The molecule has 0 spiro atoms. The van der Waals surface area contributed by atoms with E-state index in [1.54, 1.807) is 0 Å². The van der Waals surface area contributed by atoms with Gasteiger partial charge in [-0.3, -0.25) is 4.79 Å². The van der Waals surface area contributed by atoms with Crippen LogP contribution >= 0.6 is 0 Å². The van der Waals surface area contributed by atoms with E-state index in [9.17, 15) is 14.4 Å². The highest BCUT2D eigenvalue weighted by molar-refractivity contribution is 6.00. The van der Waals surface area contributed by atoms with Crippen molar-refractivity contribution in [2.45, 2.75) is 6.04 Å². The van der Waals surface area contributed by atoms with Gasteiger partial charge in [-0.05, 0) is 0 Å². The molecule has 0 saturated carbocycles. The molecule has 0 rings (SSSR count). The highest BCUT2D eigenvalue weighted by Crippen LogP contribution is 2.00. The molecule has 0 fully saturated rings. The first kappa shape index (κ1) is 11.1. The third-order valence-corrected chi connectivity index (χ3v) is 1.13. The van der Waals surface area contributed by atoms with Crippen LogP contribution in [0.15, 0.2) is 11.6 Å². The van der Waals surface area contributed by atoms with E-state index in [0.29, 0.717) is 0 Å². The first-order chi connectivity index (χ1) is 5.86. The van der Waals surface area contributed by atoms with Crippen LogP contribution in [-0.2, 0) is 14.4 Å². The van der Waals surface area contributed by atoms with E-state index in [1.807, 2.05) is 0 Å². The van der Waals surface area contributed by atoms with Crippen LogP contribution in [0, 0.1) is 0 Å². The molecule has 1 unspecified atom stereocenters. The topological polar surface area (TPSA) is 138 Å². The Balaban J connectivity index is 4.93. The van der Waals surface area contributed by atoms with Gasteiger partial charge in [0, 0.05) is 6.08 Å². The number of rotatable bonds is 4. The van der Waals surface area contributed by atoms with E-state index in [1.165, 1.54) is 0 Å². The van der Waals surface area contributed by atoms with E-state index in [-0.39, 0.29) is 6.08 Å². The first-order valence-corrected chi connectivity index (χ1v) is 3.02. The SMILES string of the molecule is NC(C(=O)O)C(=CC(=O)O)C(=O)O. The molecule has 5 N–H and O–H groups in total. The smallest absolute Gasteiger partial charge is 0.334 e. The summed E-state index contributed by atoms with van der Waals surface area (Å²) < 4.78 is 0. The summed E-state index contributed by atoms with van der Waals surface area (Å²) in [5, 5.41) is 24.8. The summed E-state index contributed by atoms with van der Waals surface area (Å²) in [6, 6.07) is -1.84. The lowest BCUT2D eigenvalue weighted by molar-refractivity contribution is -0.141. The first-order valence-electron chi connectivity index (χ1n) is 3.02. The van der Waals surface area contributed by atoms with Crippen molar-refractivity contribution >= 4 is 17.9 Å². The third kappa shape index (κ3) is 3.34. The molecular weight excluding hydrogens is 182 g/mol. The van der Waals surface area contributed by atoms with Crippen LogP contribution in [0.1, 0.15) is 0 Å². The van der Waals surface area contributed by atoms with Gasteiger partial charge in [-0.2, -0.15) is 0 Å². The number of hydrogen-bond acceptors (Lipinski definition) is 4. The van der Waals surface area contributed by atoms with Crippen LogP contribution in [0.5, 0.6) is 0 Å². The van der Waals surface area contributed by atoms with E-state index < -0.39 is 29.5 Å². The fourth-order valence-electron chi connectivity index (χ4n) is 0.551. The number of nitrogens with two attached hydrogens (primary N) is 1. The Labute approximate surface area is 72.1 Å². The Bertz CT molecular complexity index is 281. The summed E-state index contributed by atoms with van der Waals surface area (Å²) in [6.07, 6.45) is 0.251. The molecule has 0 saturated heterocycles. The summed E-state index contributed by atoms with van der Waals surface area (Å²) in [5.74, 6) is -4.83. The molecule has 7 heteroatoms. The normalized spacial score (nSPS) is 13.5. The van der Waals surface area contributed by atoms with Crippen molar-refractivity contribution in [1.29, 1.82) is 0 Å². The summed E-state index contributed by atoms with van der Waals surface area (Å²) in [4.78, 5) is 30.6. The van der Waals surface area contributed by atoms with Crippen molar-refractivity contribution in [3.8, 4) is 0 Å². The van der Waals surface area contributed by atoms with E-state index >= 15 is 0 Å². The van der Waals surface area contributed by atoms with Gasteiger partial charge in [0.1, 0.15) is 6.04 Å². The van der Waals surface area contributed by atoms with Crippen LogP contribution in [0.3, 0.4) is 0 Å². The molecule has 7 nitrogen and oxygen atoms in total. The highest BCUT2D eigenvalue weighted by Gasteiger charge is 2.23. The van der Waals surface area contributed by atoms with Gasteiger partial charge >= 0.3 is 17.9 Å².